The zero-order valence-corrected chi connectivity index (χ0v) is 10.6. The van der Waals surface area contributed by atoms with E-state index in [0.29, 0.717) is 18.7 Å². The second-order valence-corrected chi connectivity index (χ2v) is 3.88. The summed E-state index contributed by atoms with van der Waals surface area (Å²) in [5.41, 5.74) is 6.49. The van der Waals surface area contributed by atoms with Crippen LogP contribution in [0.15, 0.2) is 24.3 Å². The number of amides is 1. The first-order valence-electron chi connectivity index (χ1n) is 5.84. The normalized spacial score (nSPS) is 11.9. The number of nitrogens with one attached hydrogen (secondary N) is 1. The van der Waals surface area contributed by atoms with E-state index in [1.807, 2.05) is 6.07 Å². The van der Waals surface area contributed by atoms with Crippen molar-refractivity contribution in [3.05, 3.63) is 35.4 Å². The van der Waals surface area contributed by atoms with Crippen molar-refractivity contribution in [3.63, 3.8) is 0 Å². The first-order valence-corrected chi connectivity index (χ1v) is 5.84. The minimum atomic E-state index is -0.476. The summed E-state index contributed by atoms with van der Waals surface area (Å²) in [6.07, 6.45) is 0. The van der Waals surface area contributed by atoms with E-state index >= 15 is 0 Å². The van der Waals surface area contributed by atoms with Gasteiger partial charge in [-0.1, -0.05) is 18.2 Å². The van der Waals surface area contributed by atoms with Crippen LogP contribution >= 0.6 is 0 Å². The van der Waals surface area contributed by atoms with Crippen molar-refractivity contribution in [3.8, 4) is 0 Å². The second-order valence-electron chi connectivity index (χ2n) is 3.88. The van der Waals surface area contributed by atoms with Crippen LogP contribution in [0.2, 0.25) is 0 Å². The van der Waals surface area contributed by atoms with E-state index < -0.39 is 11.9 Å². The lowest BCUT2D eigenvalue weighted by Gasteiger charge is -2.13. The van der Waals surface area contributed by atoms with Gasteiger partial charge in [-0.3, -0.25) is 9.59 Å². The van der Waals surface area contributed by atoms with Gasteiger partial charge in [0.05, 0.1) is 6.61 Å². The quantitative estimate of drug-likeness (QED) is 0.733. The summed E-state index contributed by atoms with van der Waals surface area (Å²) in [6.45, 7) is 4.21. The lowest BCUT2D eigenvalue weighted by molar-refractivity contribution is -0.145. The summed E-state index contributed by atoms with van der Waals surface area (Å²) in [5, 5.41) is 3.00. The molecule has 1 aromatic rings. The van der Waals surface area contributed by atoms with Crippen molar-refractivity contribution in [2.24, 2.45) is 5.73 Å². The van der Waals surface area contributed by atoms with Crippen molar-refractivity contribution < 1.29 is 14.3 Å². The summed E-state index contributed by atoms with van der Waals surface area (Å²) in [6, 6.07) is 6.60. The molecule has 1 unspecified atom stereocenters. The van der Waals surface area contributed by atoms with Gasteiger partial charge in [-0.15, -0.1) is 0 Å². The molecule has 0 fully saturated rings. The minimum absolute atomic E-state index is 0.311. The highest BCUT2D eigenvalue weighted by Gasteiger charge is 2.14. The average molecular weight is 250 g/mol. The number of nitrogens with two attached hydrogens (primary N) is 1. The van der Waals surface area contributed by atoms with Gasteiger partial charge in [-0.25, -0.2) is 0 Å². The maximum atomic E-state index is 11.4. The maximum Gasteiger partial charge on any atom is 0.322 e. The topological polar surface area (TPSA) is 81.4 Å². The summed E-state index contributed by atoms with van der Waals surface area (Å²) < 4.78 is 4.88. The maximum absolute atomic E-state index is 11.4. The Balaban J connectivity index is 2.63. The van der Waals surface area contributed by atoms with Gasteiger partial charge in [0.25, 0.3) is 0 Å². The van der Waals surface area contributed by atoms with E-state index in [9.17, 15) is 9.59 Å². The Morgan fingerprint density at radius 2 is 2.06 bits per heavy atom. The molecule has 98 valence electrons. The number of esters is 1. The number of rotatable bonds is 6. The fraction of sp³-hybridized carbons (Fsp3) is 0.385. The molecule has 5 heteroatoms. The fourth-order valence-electron chi connectivity index (χ4n) is 1.53. The van der Waals surface area contributed by atoms with Crippen LogP contribution in [0.5, 0.6) is 0 Å². The van der Waals surface area contributed by atoms with Gasteiger partial charge in [0.15, 0.2) is 0 Å². The third-order valence-electron chi connectivity index (χ3n) is 2.52. The molecule has 0 heterocycles. The highest BCUT2D eigenvalue weighted by molar-refractivity contribution is 5.94. The summed E-state index contributed by atoms with van der Waals surface area (Å²) in [4.78, 5) is 22.6. The van der Waals surface area contributed by atoms with Crippen LogP contribution in [-0.4, -0.2) is 24.5 Å². The predicted octanol–water partition coefficient (Wildman–Crippen LogP) is 0.827. The standard InChI is InChI=1S/C13H18N2O3/c1-3-18-13(17)9(2)15-8-10-6-4-5-7-11(10)12(14)16/h4-7,9,15H,3,8H2,1-2H3,(H2,14,16). The monoisotopic (exact) mass is 250 g/mol. The first kappa shape index (κ1) is 14.2. The lowest BCUT2D eigenvalue weighted by Crippen LogP contribution is -2.35. The number of carbonyl (C=O) groups is 2. The Labute approximate surface area is 106 Å². The van der Waals surface area contributed by atoms with Gasteiger partial charge in [0, 0.05) is 12.1 Å². The molecule has 1 aromatic carbocycles. The minimum Gasteiger partial charge on any atom is -0.465 e. The molecule has 5 nitrogen and oxygen atoms in total. The number of ether oxygens (including phenoxy) is 1. The Kier molecular flexibility index (Phi) is 5.32. The molecular weight excluding hydrogens is 232 g/mol. The summed E-state index contributed by atoms with van der Waals surface area (Å²) in [7, 11) is 0. The molecule has 0 bridgehead atoms. The van der Waals surface area contributed by atoms with Gasteiger partial charge >= 0.3 is 5.97 Å². The van der Waals surface area contributed by atoms with Crippen molar-refractivity contribution in [1.29, 1.82) is 0 Å². The number of hydrogen-bond acceptors (Lipinski definition) is 4. The molecule has 3 N–H and O–H groups in total. The third-order valence-corrected chi connectivity index (χ3v) is 2.52. The molecule has 0 saturated carbocycles. The van der Waals surface area contributed by atoms with Gasteiger partial charge < -0.3 is 15.8 Å². The number of primary amides is 1. The SMILES string of the molecule is CCOC(=O)C(C)NCc1ccccc1C(N)=O. The Morgan fingerprint density at radius 3 is 2.67 bits per heavy atom. The van der Waals surface area contributed by atoms with Crippen LogP contribution in [0.4, 0.5) is 0 Å². The molecular formula is C13H18N2O3. The second kappa shape index (κ2) is 6.76. The van der Waals surface area contributed by atoms with Crippen LogP contribution in [0.1, 0.15) is 29.8 Å². The van der Waals surface area contributed by atoms with E-state index in [1.165, 1.54) is 0 Å². The Morgan fingerprint density at radius 1 is 1.39 bits per heavy atom. The van der Waals surface area contributed by atoms with Crippen molar-refractivity contribution in [2.75, 3.05) is 6.61 Å². The van der Waals surface area contributed by atoms with Crippen LogP contribution < -0.4 is 11.1 Å². The van der Waals surface area contributed by atoms with Gasteiger partial charge in [0.1, 0.15) is 6.04 Å². The molecule has 0 radical (unpaired) electrons. The van der Waals surface area contributed by atoms with Crippen LogP contribution in [0, 0.1) is 0 Å². The van der Waals surface area contributed by atoms with Gasteiger partial charge in [0.2, 0.25) is 5.91 Å². The van der Waals surface area contributed by atoms with E-state index in [-0.39, 0.29) is 5.97 Å². The predicted molar refractivity (Wildman–Crippen MR) is 67.9 cm³/mol. The molecule has 0 aromatic heterocycles. The van der Waals surface area contributed by atoms with Crippen molar-refractivity contribution >= 4 is 11.9 Å². The van der Waals surface area contributed by atoms with Crippen LogP contribution in [0.3, 0.4) is 0 Å². The smallest absolute Gasteiger partial charge is 0.322 e. The average Bonchev–Trinajstić information content (AvgIpc) is 2.36. The molecule has 1 atom stereocenters. The molecule has 1 amide bonds. The number of benzene rings is 1. The fourth-order valence-corrected chi connectivity index (χ4v) is 1.53. The van der Waals surface area contributed by atoms with E-state index in [4.69, 9.17) is 10.5 Å². The zero-order valence-electron chi connectivity index (χ0n) is 10.6. The summed E-state index contributed by atoms with van der Waals surface area (Å²) >= 11 is 0. The highest BCUT2D eigenvalue weighted by Crippen LogP contribution is 2.08. The van der Waals surface area contributed by atoms with E-state index in [0.717, 1.165) is 5.56 Å². The van der Waals surface area contributed by atoms with E-state index in [2.05, 4.69) is 5.32 Å². The largest absolute Gasteiger partial charge is 0.465 e. The molecule has 18 heavy (non-hydrogen) atoms. The van der Waals surface area contributed by atoms with Crippen molar-refractivity contribution in [1.82, 2.24) is 5.32 Å². The summed E-state index contributed by atoms with van der Waals surface area (Å²) in [5.74, 6) is -0.787. The number of hydrogen-bond donors (Lipinski definition) is 2. The Hall–Kier alpha value is -1.88. The van der Waals surface area contributed by atoms with Crippen LogP contribution in [-0.2, 0) is 16.1 Å². The van der Waals surface area contributed by atoms with E-state index in [1.54, 1.807) is 32.0 Å². The molecule has 0 aliphatic rings. The number of carbonyl (C=O) groups excluding carboxylic acids is 2. The van der Waals surface area contributed by atoms with Gasteiger partial charge in [-0.2, -0.15) is 0 Å². The molecule has 1 rings (SSSR count). The molecule has 0 aliphatic heterocycles. The third kappa shape index (κ3) is 3.85. The Bertz CT molecular complexity index is 432. The van der Waals surface area contributed by atoms with Crippen molar-refractivity contribution in [2.45, 2.75) is 26.4 Å². The zero-order chi connectivity index (χ0) is 13.5. The first-order chi connectivity index (χ1) is 8.56. The molecule has 0 aliphatic carbocycles. The lowest BCUT2D eigenvalue weighted by atomic mass is 10.1. The van der Waals surface area contributed by atoms with Gasteiger partial charge in [-0.05, 0) is 25.5 Å². The molecule has 0 saturated heterocycles. The molecule has 0 spiro atoms. The van der Waals surface area contributed by atoms with Crippen LogP contribution in [0.25, 0.3) is 0 Å². The highest BCUT2D eigenvalue weighted by atomic mass is 16.5.